The summed E-state index contributed by atoms with van der Waals surface area (Å²) in [7, 11) is 0. The molecular weight excluding hydrogens is 220 g/mol. The van der Waals surface area contributed by atoms with E-state index >= 15 is 0 Å². The van der Waals surface area contributed by atoms with Crippen LogP contribution < -0.4 is 5.73 Å². The van der Waals surface area contributed by atoms with Gasteiger partial charge >= 0.3 is 5.97 Å². The van der Waals surface area contributed by atoms with E-state index < -0.39 is 5.97 Å². The molecule has 6 nitrogen and oxygen atoms in total. The molecule has 1 aromatic heterocycles. The van der Waals surface area contributed by atoms with Crippen molar-refractivity contribution in [2.24, 2.45) is 0 Å². The zero-order valence-electron chi connectivity index (χ0n) is 9.33. The van der Waals surface area contributed by atoms with E-state index in [-0.39, 0.29) is 18.1 Å². The number of benzene rings is 1. The third-order valence-corrected chi connectivity index (χ3v) is 2.17. The highest BCUT2D eigenvalue weighted by Gasteiger charge is 2.20. The first-order valence-electron chi connectivity index (χ1n) is 5.17. The summed E-state index contributed by atoms with van der Waals surface area (Å²) in [5, 5.41) is 7.52. The minimum absolute atomic E-state index is 0.0623. The van der Waals surface area contributed by atoms with Gasteiger partial charge in [-0.25, -0.2) is 9.48 Å². The van der Waals surface area contributed by atoms with Crippen LogP contribution in [0, 0.1) is 0 Å². The zero-order chi connectivity index (χ0) is 12.3. The van der Waals surface area contributed by atoms with E-state index in [1.54, 1.807) is 19.1 Å². The number of carbonyl (C=O) groups is 1. The summed E-state index contributed by atoms with van der Waals surface area (Å²) in [6, 6.07) is 9.14. The molecule has 0 saturated carbocycles. The van der Waals surface area contributed by atoms with Gasteiger partial charge in [-0.3, -0.25) is 0 Å². The number of carbonyl (C=O) groups excluding carboxylic acids is 1. The first kappa shape index (κ1) is 11.1. The molecule has 0 spiro atoms. The average Bonchev–Trinajstić information content (AvgIpc) is 2.73. The number of hydrogen-bond donors (Lipinski definition) is 1. The Hall–Kier alpha value is -2.37. The van der Waals surface area contributed by atoms with Gasteiger partial charge in [0.1, 0.15) is 0 Å². The zero-order valence-corrected chi connectivity index (χ0v) is 9.33. The third kappa shape index (κ3) is 2.10. The van der Waals surface area contributed by atoms with Crippen LogP contribution in [0.3, 0.4) is 0 Å². The van der Waals surface area contributed by atoms with Crippen molar-refractivity contribution in [3.8, 4) is 5.69 Å². The van der Waals surface area contributed by atoms with Crippen molar-refractivity contribution in [2.75, 3.05) is 12.3 Å². The topological polar surface area (TPSA) is 83.0 Å². The summed E-state index contributed by atoms with van der Waals surface area (Å²) in [6.07, 6.45) is 0. The summed E-state index contributed by atoms with van der Waals surface area (Å²) in [5.41, 5.74) is 6.47. The minimum Gasteiger partial charge on any atom is -0.461 e. The summed E-state index contributed by atoms with van der Waals surface area (Å²) >= 11 is 0. The lowest BCUT2D eigenvalue weighted by Crippen LogP contribution is -2.13. The van der Waals surface area contributed by atoms with Gasteiger partial charge < -0.3 is 10.5 Å². The Morgan fingerprint density at radius 3 is 2.76 bits per heavy atom. The fourth-order valence-electron chi connectivity index (χ4n) is 1.43. The highest BCUT2D eigenvalue weighted by Crippen LogP contribution is 2.15. The number of hydrogen-bond acceptors (Lipinski definition) is 5. The maximum atomic E-state index is 11.7. The van der Waals surface area contributed by atoms with Crippen molar-refractivity contribution < 1.29 is 9.53 Å². The summed E-state index contributed by atoms with van der Waals surface area (Å²) in [5.74, 6) is -0.467. The smallest absolute Gasteiger partial charge is 0.361 e. The number of para-hydroxylation sites is 1. The van der Waals surface area contributed by atoms with Crippen LogP contribution >= 0.6 is 0 Å². The first-order valence-corrected chi connectivity index (χ1v) is 5.17. The van der Waals surface area contributed by atoms with E-state index in [9.17, 15) is 4.79 Å². The van der Waals surface area contributed by atoms with E-state index in [0.29, 0.717) is 5.69 Å². The van der Waals surface area contributed by atoms with E-state index in [1.807, 2.05) is 18.2 Å². The average molecular weight is 232 g/mol. The van der Waals surface area contributed by atoms with Gasteiger partial charge in [0, 0.05) is 0 Å². The Morgan fingerprint density at radius 2 is 2.12 bits per heavy atom. The number of nitrogens with two attached hydrogens (primary N) is 1. The molecule has 0 aliphatic heterocycles. The minimum atomic E-state index is -0.529. The van der Waals surface area contributed by atoms with Crippen molar-refractivity contribution in [3.05, 3.63) is 36.0 Å². The second kappa shape index (κ2) is 4.65. The largest absolute Gasteiger partial charge is 0.461 e. The SMILES string of the molecule is CCOC(=O)c1c(N)nnn1-c1ccccc1. The summed E-state index contributed by atoms with van der Waals surface area (Å²) < 4.78 is 6.28. The molecule has 2 aromatic rings. The number of nitrogen functional groups attached to an aromatic ring is 1. The van der Waals surface area contributed by atoms with Crippen LogP contribution in [0.5, 0.6) is 0 Å². The van der Waals surface area contributed by atoms with Crippen molar-refractivity contribution in [1.82, 2.24) is 15.0 Å². The second-order valence-corrected chi connectivity index (χ2v) is 3.29. The van der Waals surface area contributed by atoms with Crippen molar-refractivity contribution in [3.63, 3.8) is 0 Å². The molecule has 17 heavy (non-hydrogen) atoms. The summed E-state index contributed by atoms with van der Waals surface area (Å²) in [6.45, 7) is 2.00. The quantitative estimate of drug-likeness (QED) is 0.799. The summed E-state index contributed by atoms with van der Waals surface area (Å²) in [4.78, 5) is 11.7. The third-order valence-electron chi connectivity index (χ3n) is 2.17. The van der Waals surface area contributed by atoms with Gasteiger partial charge in [-0.1, -0.05) is 23.4 Å². The molecule has 1 aromatic carbocycles. The number of esters is 1. The predicted molar refractivity (Wildman–Crippen MR) is 61.7 cm³/mol. The molecule has 0 bridgehead atoms. The van der Waals surface area contributed by atoms with E-state index in [2.05, 4.69) is 10.3 Å². The van der Waals surface area contributed by atoms with Crippen LogP contribution in [-0.4, -0.2) is 27.6 Å². The molecule has 0 aliphatic rings. The number of ether oxygens (including phenoxy) is 1. The van der Waals surface area contributed by atoms with Crippen LogP contribution in [0.15, 0.2) is 30.3 Å². The van der Waals surface area contributed by atoms with Gasteiger partial charge in [0.2, 0.25) is 0 Å². The Morgan fingerprint density at radius 1 is 1.41 bits per heavy atom. The van der Waals surface area contributed by atoms with Crippen molar-refractivity contribution in [1.29, 1.82) is 0 Å². The molecule has 2 N–H and O–H groups in total. The van der Waals surface area contributed by atoms with Crippen LogP contribution in [0.4, 0.5) is 5.82 Å². The van der Waals surface area contributed by atoms with Crippen LogP contribution in [0.25, 0.3) is 5.69 Å². The second-order valence-electron chi connectivity index (χ2n) is 3.29. The molecule has 1 heterocycles. The van der Waals surface area contributed by atoms with E-state index in [4.69, 9.17) is 10.5 Å². The van der Waals surface area contributed by atoms with Gasteiger partial charge in [-0.15, -0.1) is 5.10 Å². The lowest BCUT2D eigenvalue weighted by Gasteiger charge is -2.05. The van der Waals surface area contributed by atoms with Gasteiger partial charge in [0.05, 0.1) is 12.3 Å². The Bertz CT molecular complexity index is 522. The Balaban J connectivity index is 2.46. The molecule has 0 fully saturated rings. The molecule has 0 saturated heterocycles. The molecule has 0 unspecified atom stereocenters. The van der Waals surface area contributed by atoms with Crippen molar-refractivity contribution >= 4 is 11.8 Å². The fraction of sp³-hybridized carbons (Fsp3) is 0.182. The number of anilines is 1. The van der Waals surface area contributed by atoms with Crippen molar-refractivity contribution in [2.45, 2.75) is 6.92 Å². The molecule has 0 radical (unpaired) electrons. The molecule has 0 aliphatic carbocycles. The highest BCUT2D eigenvalue weighted by atomic mass is 16.5. The molecule has 0 atom stereocenters. The van der Waals surface area contributed by atoms with Crippen LogP contribution in [0.2, 0.25) is 0 Å². The lowest BCUT2D eigenvalue weighted by atomic mass is 10.3. The van der Waals surface area contributed by atoms with E-state index in [1.165, 1.54) is 4.68 Å². The van der Waals surface area contributed by atoms with Gasteiger partial charge in [0.25, 0.3) is 0 Å². The highest BCUT2D eigenvalue weighted by molar-refractivity contribution is 5.92. The van der Waals surface area contributed by atoms with Gasteiger partial charge in [0.15, 0.2) is 11.5 Å². The van der Waals surface area contributed by atoms with Gasteiger partial charge in [-0.2, -0.15) is 0 Å². The molecule has 88 valence electrons. The number of aromatic nitrogens is 3. The Labute approximate surface area is 98.0 Å². The Kier molecular flexibility index (Phi) is 3.04. The number of rotatable bonds is 3. The molecular formula is C11H12N4O2. The fourth-order valence-corrected chi connectivity index (χ4v) is 1.43. The van der Waals surface area contributed by atoms with Gasteiger partial charge in [-0.05, 0) is 19.1 Å². The normalized spacial score (nSPS) is 10.2. The first-order chi connectivity index (χ1) is 8.24. The predicted octanol–water partition coefficient (Wildman–Crippen LogP) is 1.03. The lowest BCUT2D eigenvalue weighted by molar-refractivity contribution is 0.0517. The maximum absolute atomic E-state index is 11.7. The van der Waals surface area contributed by atoms with E-state index in [0.717, 1.165) is 0 Å². The molecule has 6 heteroatoms. The molecule has 2 rings (SSSR count). The van der Waals surface area contributed by atoms with Crippen LogP contribution in [-0.2, 0) is 4.74 Å². The maximum Gasteiger partial charge on any atom is 0.361 e. The molecule has 0 amide bonds. The standard InChI is InChI=1S/C11H12N4O2/c1-2-17-11(16)9-10(12)13-14-15(9)8-6-4-3-5-7-8/h3-7H,2,12H2,1H3. The van der Waals surface area contributed by atoms with Crippen LogP contribution in [0.1, 0.15) is 17.4 Å². The number of nitrogens with zero attached hydrogens (tertiary/aromatic N) is 3. The monoisotopic (exact) mass is 232 g/mol.